The third-order valence-electron chi connectivity index (χ3n) is 9.26. The van der Waals surface area contributed by atoms with Crippen LogP contribution in [0.4, 0.5) is 0 Å². The lowest BCUT2D eigenvalue weighted by Crippen LogP contribution is -2.43. The van der Waals surface area contributed by atoms with Crippen molar-refractivity contribution < 1.29 is 19.4 Å². The number of esters is 1. The molecule has 4 rings (SSSR count). The van der Waals surface area contributed by atoms with Gasteiger partial charge in [-0.3, -0.25) is 0 Å². The fourth-order valence-corrected chi connectivity index (χ4v) is 7.03. The minimum atomic E-state index is -0.485. The molecule has 0 amide bonds. The molecule has 1 aliphatic heterocycles. The Morgan fingerprint density at radius 3 is 2.41 bits per heavy atom. The van der Waals surface area contributed by atoms with Gasteiger partial charge in [-0.1, -0.05) is 50.1 Å². The summed E-state index contributed by atoms with van der Waals surface area (Å²) in [5, 5.41) is 11.5. The number of rotatable bonds is 6. The van der Waals surface area contributed by atoms with E-state index < -0.39 is 11.6 Å². The number of phenolic OH excluding ortho intramolecular Hbond substituents is 1. The van der Waals surface area contributed by atoms with Gasteiger partial charge in [0.15, 0.2) is 0 Å². The monoisotopic (exact) mass is 506 g/mol. The first-order valence-electron chi connectivity index (χ1n) is 13.9. The number of fused-ring (bicyclic) bond motifs is 3. The maximum Gasteiger partial charge on any atom is 0.342 e. The average Bonchev–Trinajstić information content (AvgIpc) is 3.27. The molecular formula is C33H46O4. The van der Waals surface area contributed by atoms with Crippen molar-refractivity contribution in [3.8, 4) is 11.5 Å². The second-order valence-electron chi connectivity index (χ2n) is 13.3. The molecule has 0 unspecified atom stereocenters. The molecule has 0 saturated heterocycles. The van der Waals surface area contributed by atoms with Crippen LogP contribution in [0.2, 0.25) is 0 Å². The van der Waals surface area contributed by atoms with Gasteiger partial charge in [0.05, 0.1) is 0 Å². The summed E-state index contributed by atoms with van der Waals surface area (Å²) in [4.78, 5) is 13.8. The van der Waals surface area contributed by atoms with Crippen molar-refractivity contribution in [3.63, 3.8) is 0 Å². The van der Waals surface area contributed by atoms with Crippen LogP contribution in [0.15, 0.2) is 35.5 Å². The van der Waals surface area contributed by atoms with Crippen molar-refractivity contribution in [3.05, 3.63) is 57.7 Å². The van der Waals surface area contributed by atoms with E-state index in [0.717, 1.165) is 36.0 Å². The minimum Gasteiger partial charge on any atom is -0.507 e. The SMILES string of the molecule is CC(C)=C/C=C/[C@@]1(C)CCc2c(O)c(C(=O)O[C@@H]3C(C)(C)[C@@H]4CC[C@@]3(C)C4)c(C)c(CC=C(C)C)c2O1. The Hall–Kier alpha value is -2.49. The summed E-state index contributed by atoms with van der Waals surface area (Å²) in [7, 11) is 0. The van der Waals surface area contributed by atoms with Crippen molar-refractivity contribution in [1.29, 1.82) is 0 Å². The van der Waals surface area contributed by atoms with Gasteiger partial charge in [0.1, 0.15) is 28.8 Å². The number of phenols is 1. The summed E-state index contributed by atoms with van der Waals surface area (Å²) >= 11 is 0. The van der Waals surface area contributed by atoms with Crippen molar-refractivity contribution in [2.75, 3.05) is 0 Å². The quantitative estimate of drug-likeness (QED) is 0.240. The smallest absolute Gasteiger partial charge is 0.342 e. The minimum absolute atomic E-state index is 0.00893. The van der Waals surface area contributed by atoms with Crippen LogP contribution in [0.25, 0.3) is 0 Å². The molecule has 1 aromatic rings. The zero-order valence-electron chi connectivity index (χ0n) is 24.4. The summed E-state index contributed by atoms with van der Waals surface area (Å²) in [5.74, 6) is 0.916. The molecule has 1 heterocycles. The highest BCUT2D eigenvalue weighted by molar-refractivity contribution is 5.96. The Labute approximate surface area is 223 Å². The third-order valence-corrected chi connectivity index (χ3v) is 9.26. The molecule has 4 nitrogen and oxygen atoms in total. The lowest BCUT2D eigenvalue weighted by Gasteiger charge is -2.42. The van der Waals surface area contributed by atoms with Crippen LogP contribution in [0.1, 0.15) is 108 Å². The summed E-state index contributed by atoms with van der Waals surface area (Å²) in [6, 6.07) is 0. The summed E-state index contributed by atoms with van der Waals surface area (Å²) in [6.45, 7) is 19.0. The normalized spacial score (nSPS) is 29.5. The topological polar surface area (TPSA) is 55.8 Å². The Morgan fingerprint density at radius 2 is 1.81 bits per heavy atom. The number of ether oxygens (including phenoxy) is 2. The van der Waals surface area contributed by atoms with Gasteiger partial charge in [0.2, 0.25) is 0 Å². The molecule has 4 atom stereocenters. The first-order valence-corrected chi connectivity index (χ1v) is 13.9. The standard InChI is InChI=1S/C33H46O4/c1-20(2)11-10-16-33(9)18-15-25-27(34)26(22(5)24(28(25)37-33)13-12-21(3)4)29(35)36-30-31(6,7)23-14-17-32(30,8)19-23/h10-12,16,23,30,34H,13-15,17-19H2,1-9H3/b16-10+/t23-,30-,32+,33+/m1/s1. The Balaban J connectivity index is 1.75. The third kappa shape index (κ3) is 5.01. The number of aromatic hydroxyl groups is 1. The molecule has 2 fully saturated rings. The maximum absolute atomic E-state index is 13.8. The van der Waals surface area contributed by atoms with E-state index in [1.54, 1.807) is 0 Å². The Morgan fingerprint density at radius 1 is 1.11 bits per heavy atom. The van der Waals surface area contributed by atoms with Gasteiger partial charge in [0.25, 0.3) is 0 Å². The van der Waals surface area contributed by atoms with Crippen molar-refractivity contribution in [2.45, 2.75) is 113 Å². The van der Waals surface area contributed by atoms with E-state index in [0.29, 0.717) is 30.1 Å². The van der Waals surface area contributed by atoms with E-state index in [1.165, 1.54) is 17.6 Å². The van der Waals surface area contributed by atoms with Gasteiger partial charge in [-0.2, -0.15) is 0 Å². The van der Waals surface area contributed by atoms with E-state index in [2.05, 4.69) is 73.6 Å². The number of benzene rings is 1. The molecule has 0 aromatic heterocycles. The van der Waals surface area contributed by atoms with Crippen LogP contribution in [-0.2, 0) is 17.6 Å². The Kier molecular flexibility index (Phi) is 7.20. The van der Waals surface area contributed by atoms with Crippen molar-refractivity contribution >= 4 is 5.97 Å². The first-order chi connectivity index (χ1) is 17.2. The lowest BCUT2D eigenvalue weighted by atomic mass is 9.70. The summed E-state index contributed by atoms with van der Waals surface area (Å²) in [6.07, 6.45) is 13.6. The zero-order valence-corrected chi connectivity index (χ0v) is 24.4. The molecule has 4 heteroatoms. The van der Waals surface area contributed by atoms with Gasteiger partial charge >= 0.3 is 5.97 Å². The number of carbonyl (C=O) groups is 1. The van der Waals surface area contributed by atoms with Crippen molar-refractivity contribution in [2.24, 2.45) is 16.7 Å². The fourth-order valence-electron chi connectivity index (χ4n) is 7.03. The molecular weight excluding hydrogens is 460 g/mol. The molecule has 2 bridgehead atoms. The number of allylic oxidation sites excluding steroid dienone is 5. The van der Waals surface area contributed by atoms with Gasteiger partial charge in [-0.25, -0.2) is 4.79 Å². The highest BCUT2D eigenvalue weighted by Crippen LogP contribution is 2.63. The number of carbonyl (C=O) groups excluding carboxylic acids is 1. The average molecular weight is 507 g/mol. The maximum atomic E-state index is 13.8. The zero-order chi connectivity index (χ0) is 27.3. The van der Waals surface area contributed by atoms with Gasteiger partial charge in [-0.15, -0.1) is 0 Å². The highest BCUT2D eigenvalue weighted by Gasteiger charge is 2.61. The van der Waals surface area contributed by atoms with E-state index in [9.17, 15) is 9.90 Å². The fraction of sp³-hybridized carbons (Fsp3) is 0.606. The second-order valence-corrected chi connectivity index (χ2v) is 13.3. The molecule has 0 spiro atoms. The second kappa shape index (κ2) is 9.67. The van der Waals surface area contributed by atoms with E-state index in [1.807, 2.05) is 13.0 Å². The van der Waals surface area contributed by atoms with Gasteiger partial charge < -0.3 is 14.6 Å². The summed E-state index contributed by atoms with van der Waals surface area (Å²) in [5.41, 5.74) is 4.63. The molecule has 3 aliphatic rings. The van der Waals surface area contributed by atoms with Gasteiger partial charge in [-0.05, 0) is 97.6 Å². The largest absolute Gasteiger partial charge is 0.507 e. The molecule has 1 N–H and O–H groups in total. The molecule has 37 heavy (non-hydrogen) atoms. The summed E-state index contributed by atoms with van der Waals surface area (Å²) < 4.78 is 13.0. The van der Waals surface area contributed by atoms with Crippen LogP contribution in [0.3, 0.4) is 0 Å². The first kappa shape index (κ1) is 27.5. The number of hydrogen-bond donors (Lipinski definition) is 1. The van der Waals surface area contributed by atoms with E-state index in [4.69, 9.17) is 9.47 Å². The van der Waals surface area contributed by atoms with E-state index >= 15 is 0 Å². The van der Waals surface area contributed by atoms with E-state index in [-0.39, 0.29) is 22.7 Å². The van der Waals surface area contributed by atoms with Crippen LogP contribution in [-0.4, -0.2) is 22.8 Å². The highest BCUT2D eigenvalue weighted by atomic mass is 16.5. The van der Waals surface area contributed by atoms with Crippen molar-refractivity contribution in [1.82, 2.24) is 0 Å². The number of hydrogen-bond acceptors (Lipinski definition) is 4. The van der Waals surface area contributed by atoms with Gasteiger partial charge in [0, 0.05) is 22.0 Å². The predicted molar refractivity (Wildman–Crippen MR) is 150 cm³/mol. The lowest BCUT2D eigenvalue weighted by molar-refractivity contribution is -0.0586. The molecule has 0 radical (unpaired) electrons. The Bertz CT molecular complexity index is 1170. The van der Waals surface area contributed by atoms with Crippen LogP contribution in [0, 0.1) is 23.7 Å². The predicted octanol–water partition coefficient (Wildman–Crippen LogP) is 8.19. The molecule has 2 saturated carbocycles. The molecule has 202 valence electrons. The van der Waals surface area contributed by atoms with Crippen LogP contribution < -0.4 is 4.74 Å². The molecule has 1 aromatic carbocycles. The van der Waals surface area contributed by atoms with Crippen LogP contribution >= 0.6 is 0 Å². The van der Waals surface area contributed by atoms with Crippen LogP contribution in [0.5, 0.6) is 11.5 Å². The molecule has 2 aliphatic carbocycles.